The van der Waals surface area contributed by atoms with E-state index in [2.05, 4.69) is 0 Å². The molecule has 2 aromatic carbocycles. The molecule has 0 saturated carbocycles. The van der Waals surface area contributed by atoms with E-state index in [1.807, 2.05) is 0 Å². The Morgan fingerprint density at radius 2 is 1.88 bits per heavy atom. The van der Waals surface area contributed by atoms with Crippen molar-refractivity contribution in [3.8, 4) is 0 Å². The Balaban J connectivity index is 2.16. The number of rotatable bonds is 4. The molecule has 1 saturated heterocycles. The molecule has 2 aromatic rings. The van der Waals surface area contributed by atoms with E-state index in [-0.39, 0.29) is 0 Å². The van der Waals surface area contributed by atoms with Crippen LogP contribution in [-0.4, -0.2) is 28.6 Å². The SMILES string of the molecule is O=C(O)C1CCCN1C(c1ccccc1F)c1cccc(Cl)c1Cl. The number of carboxylic acid groups (broad SMARTS) is 1. The minimum absolute atomic E-state index is 0.323. The summed E-state index contributed by atoms with van der Waals surface area (Å²) in [5, 5.41) is 10.2. The quantitative estimate of drug-likeness (QED) is 0.845. The summed E-state index contributed by atoms with van der Waals surface area (Å²) in [6.45, 7) is 0.554. The van der Waals surface area contributed by atoms with Gasteiger partial charge in [-0.1, -0.05) is 53.5 Å². The number of hydrogen-bond donors (Lipinski definition) is 1. The van der Waals surface area contributed by atoms with Crippen molar-refractivity contribution in [3.05, 3.63) is 69.5 Å². The minimum atomic E-state index is -0.910. The zero-order valence-electron chi connectivity index (χ0n) is 12.8. The van der Waals surface area contributed by atoms with Crippen molar-refractivity contribution in [3.63, 3.8) is 0 Å². The van der Waals surface area contributed by atoms with Crippen LogP contribution in [0.4, 0.5) is 4.39 Å². The number of aliphatic carboxylic acids is 1. The van der Waals surface area contributed by atoms with E-state index in [4.69, 9.17) is 23.2 Å². The molecule has 24 heavy (non-hydrogen) atoms. The molecule has 1 fully saturated rings. The molecule has 126 valence electrons. The molecule has 0 radical (unpaired) electrons. The second kappa shape index (κ2) is 7.09. The van der Waals surface area contributed by atoms with Crippen LogP contribution < -0.4 is 0 Å². The maximum absolute atomic E-state index is 14.5. The van der Waals surface area contributed by atoms with Gasteiger partial charge >= 0.3 is 5.97 Å². The van der Waals surface area contributed by atoms with Crippen molar-refractivity contribution in [2.45, 2.75) is 24.9 Å². The van der Waals surface area contributed by atoms with Crippen molar-refractivity contribution in [1.82, 2.24) is 4.90 Å². The molecule has 0 amide bonds. The van der Waals surface area contributed by atoms with Gasteiger partial charge < -0.3 is 5.11 Å². The lowest BCUT2D eigenvalue weighted by Gasteiger charge is -2.32. The summed E-state index contributed by atoms with van der Waals surface area (Å²) in [5.41, 5.74) is 1.01. The standard InChI is InChI=1S/C18H16Cl2FNO2/c19-13-7-3-6-12(16(13)20)17(11-5-1-2-8-14(11)21)22-10-4-9-15(22)18(23)24/h1-3,5-8,15,17H,4,9-10H2,(H,23,24). The molecule has 0 spiro atoms. The van der Waals surface area contributed by atoms with Gasteiger partial charge in [0.1, 0.15) is 11.9 Å². The molecule has 6 heteroatoms. The third-order valence-electron chi connectivity index (χ3n) is 4.39. The number of hydrogen-bond acceptors (Lipinski definition) is 2. The fraction of sp³-hybridized carbons (Fsp3) is 0.278. The maximum atomic E-state index is 14.5. The van der Waals surface area contributed by atoms with Crippen LogP contribution in [0.25, 0.3) is 0 Å². The topological polar surface area (TPSA) is 40.5 Å². The number of nitrogens with zero attached hydrogens (tertiary/aromatic N) is 1. The van der Waals surface area contributed by atoms with Crippen molar-refractivity contribution in [2.24, 2.45) is 0 Å². The predicted molar refractivity (Wildman–Crippen MR) is 92.1 cm³/mol. The molecule has 3 nitrogen and oxygen atoms in total. The summed E-state index contributed by atoms with van der Waals surface area (Å²) >= 11 is 12.5. The van der Waals surface area contributed by atoms with Crippen molar-refractivity contribution in [2.75, 3.05) is 6.54 Å². The Morgan fingerprint density at radius 1 is 1.17 bits per heavy atom. The van der Waals surface area contributed by atoms with Crippen molar-refractivity contribution >= 4 is 29.2 Å². The summed E-state index contributed by atoms with van der Waals surface area (Å²) in [6.07, 6.45) is 1.26. The zero-order valence-corrected chi connectivity index (χ0v) is 14.3. The summed E-state index contributed by atoms with van der Waals surface area (Å²) in [6, 6.07) is 10.3. The van der Waals surface area contributed by atoms with Gasteiger partial charge in [0.2, 0.25) is 0 Å². The van der Waals surface area contributed by atoms with Gasteiger partial charge in [0.05, 0.1) is 16.1 Å². The third kappa shape index (κ3) is 3.14. The Hall–Kier alpha value is -1.62. The summed E-state index contributed by atoms with van der Waals surface area (Å²) < 4.78 is 14.5. The molecule has 0 bridgehead atoms. The lowest BCUT2D eigenvalue weighted by Crippen LogP contribution is -2.39. The lowest BCUT2D eigenvalue weighted by atomic mass is 9.95. The van der Waals surface area contributed by atoms with E-state index in [1.54, 1.807) is 41.3 Å². The highest BCUT2D eigenvalue weighted by atomic mass is 35.5. The van der Waals surface area contributed by atoms with Crippen LogP contribution in [0.1, 0.15) is 30.0 Å². The summed E-state index contributed by atoms with van der Waals surface area (Å²) in [5.74, 6) is -1.30. The number of likely N-dealkylation sites (tertiary alicyclic amines) is 1. The predicted octanol–water partition coefficient (Wildman–Crippen LogP) is 4.77. The van der Waals surface area contributed by atoms with E-state index in [1.165, 1.54) is 6.07 Å². The molecule has 3 rings (SSSR count). The summed E-state index contributed by atoms with van der Waals surface area (Å²) in [7, 11) is 0. The molecule has 0 aromatic heterocycles. The van der Waals surface area contributed by atoms with Gasteiger partial charge in [0.15, 0.2) is 0 Å². The van der Waals surface area contributed by atoms with E-state index in [0.717, 1.165) is 6.42 Å². The Labute approximate surface area is 149 Å². The van der Waals surface area contributed by atoms with Gasteiger partial charge in [-0.15, -0.1) is 0 Å². The largest absolute Gasteiger partial charge is 0.480 e. The van der Waals surface area contributed by atoms with Crippen molar-refractivity contribution in [1.29, 1.82) is 0 Å². The normalized spacial score (nSPS) is 19.4. The van der Waals surface area contributed by atoms with Crippen LogP contribution in [0.3, 0.4) is 0 Å². The lowest BCUT2D eigenvalue weighted by molar-refractivity contribution is -0.142. The van der Waals surface area contributed by atoms with E-state index >= 15 is 0 Å². The highest BCUT2D eigenvalue weighted by Crippen LogP contribution is 2.40. The molecule has 1 aliphatic heterocycles. The Bertz CT molecular complexity index is 768. The molecule has 2 atom stereocenters. The van der Waals surface area contributed by atoms with Crippen LogP contribution in [0.2, 0.25) is 10.0 Å². The highest BCUT2D eigenvalue weighted by molar-refractivity contribution is 6.42. The second-order valence-electron chi connectivity index (χ2n) is 5.80. The number of benzene rings is 2. The van der Waals surface area contributed by atoms with Crippen LogP contribution in [-0.2, 0) is 4.79 Å². The molecule has 1 N–H and O–H groups in total. The second-order valence-corrected chi connectivity index (χ2v) is 6.59. The number of carbonyl (C=O) groups is 1. The van der Waals surface area contributed by atoms with Crippen LogP contribution in [0, 0.1) is 5.82 Å². The van der Waals surface area contributed by atoms with E-state index in [9.17, 15) is 14.3 Å². The molecule has 1 aliphatic rings. The third-order valence-corrected chi connectivity index (χ3v) is 5.22. The summed E-state index contributed by atoms with van der Waals surface area (Å²) in [4.78, 5) is 13.4. The van der Waals surface area contributed by atoms with Crippen LogP contribution in [0.5, 0.6) is 0 Å². The van der Waals surface area contributed by atoms with Crippen molar-refractivity contribution < 1.29 is 14.3 Å². The Morgan fingerprint density at radius 3 is 2.58 bits per heavy atom. The minimum Gasteiger partial charge on any atom is -0.480 e. The molecule has 2 unspecified atom stereocenters. The number of halogens is 3. The highest BCUT2D eigenvalue weighted by Gasteiger charge is 2.38. The monoisotopic (exact) mass is 367 g/mol. The van der Waals surface area contributed by atoms with E-state index < -0.39 is 23.9 Å². The van der Waals surface area contributed by atoms with E-state index in [0.29, 0.717) is 34.1 Å². The van der Waals surface area contributed by atoms with Gasteiger partial charge in [-0.2, -0.15) is 0 Å². The average molecular weight is 368 g/mol. The number of carboxylic acids is 1. The fourth-order valence-corrected chi connectivity index (χ4v) is 3.73. The van der Waals surface area contributed by atoms with Gasteiger partial charge in [-0.3, -0.25) is 9.69 Å². The molecular formula is C18H16Cl2FNO2. The van der Waals surface area contributed by atoms with Crippen LogP contribution >= 0.6 is 23.2 Å². The smallest absolute Gasteiger partial charge is 0.320 e. The molecular weight excluding hydrogens is 352 g/mol. The van der Waals surface area contributed by atoms with Gasteiger partial charge in [0, 0.05) is 12.1 Å². The first-order chi connectivity index (χ1) is 11.5. The maximum Gasteiger partial charge on any atom is 0.320 e. The van der Waals surface area contributed by atoms with Gasteiger partial charge in [-0.25, -0.2) is 4.39 Å². The molecule has 0 aliphatic carbocycles. The molecule has 1 heterocycles. The Kier molecular flexibility index (Phi) is 5.09. The van der Waals surface area contributed by atoms with Crippen LogP contribution in [0.15, 0.2) is 42.5 Å². The first-order valence-electron chi connectivity index (χ1n) is 7.67. The first kappa shape index (κ1) is 17.2. The van der Waals surface area contributed by atoms with Gasteiger partial charge in [-0.05, 0) is 30.5 Å². The van der Waals surface area contributed by atoms with Gasteiger partial charge in [0.25, 0.3) is 0 Å². The fourth-order valence-electron chi connectivity index (χ4n) is 3.32. The first-order valence-corrected chi connectivity index (χ1v) is 8.43. The average Bonchev–Trinajstić information content (AvgIpc) is 3.03. The zero-order chi connectivity index (χ0) is 17.3.